The first-order valence-electron chi connectivity index (χ1n) is 9.59. The molecule has 0 unspecified atom stereocenters. The summed E-state index contributed by atoms with van der Waals surface area (Å²) in [5.41, 5.74) is 3.38. The molecule has 29 heavy (non-hydrogen) atoms. The molecule has 4 rings (SSSR count). The fourth-order valence-electron chi connectivity index (χ4n) is 3.92. The summed E-state index contributed by atoms with van der Waals surface area (Å²) in [5, 5.41) is 3.54. The molecule has 0 bridgehead atoms. The highest BCUT2D eigenvalue weighted by atomic mass is 16.5. The maximum absolute atomic E-state index is 13.6. The van der Waals surface area contributed by atoms with Gasteiger partial charge in [0.05, 0.1) is 25.8 Å². The number of ether oxygens (including phenoxy) is 2. The molecule has 5 nitrogen and oxygen atoms in total. The van der Waals surface area contributed by atoms with Gasteiger partial charge in [0.1, 0.15) is 6.17 Å². The first kappa shape index (κ1) is 18.9. The topological polar surface area (TPSA) is 50.8 Å². The number of hydrogen-bond donors (Lipinski definition) is 1. The van der Waals surface area contributed by atoms with E-state index in [2.05, 4.69) is 5.32 Å². The molecule has 2 atom stereocenters. The van der Waals surface area contributed by atoms with Crippen LogP contribution in [0, 0.1) is 0 Å². The molecule has 1 amide bonds. The molecule has 0 spiro atoms. The molecule has 1 heterocycles. The van der Waals surface area contributed by atoms with E-state index < -0.39 is 6.17 Å². The molecular weight excluding hydrogens is 364 g/mol. The van der Waals surface area contributed by atoms with Crippen LogP contribution >= 0.6 is 0 Å². The van der Waals surface area contributed by atoms with Crippen LogP contribution in [-0.4, -0.2) is 25.0 Å². The standard InChI is InChI=1S/C24H24N2O3/c1-16(17-10-5-4-6-11-17)26-23(19-13-9-15-21(28-2)22(19)29-3)25-20-14-8-7-12-18(20)24(26)27/h4-16,23,25H,1-3H3/t16-,23+/m0/s1. The lowest BCUT2D eigenvalue weighted by Crippen LogP contribution is -2.44. The summed E-state index contributed by atoms with van der Waals surface area (Å²) in [5.74, 6) is 1.22. The maximum Gasteiger partial charge on any atom is 0.258 e. The molecule has 5 heteroatoms. The highest BCUT2D eigenvalue weighted by Crippen LogP contribution is 2.43. The zero-order valence-electron chi connectivity index (χ0n) is 16.8. The smallest absolute Gasteiger partial charge is 0.258 e. The van der Waals surface area contributed by atoms with Gasteiger partial charge in [-0.25, -0.2) is 0 Å². The quantitative estimate of drug-likeness (QED) is 0.666. The zero-order chi connectivity index (χ0) is 20.4. The number of nitrogens with one attached hydrogen (secondary N) is 1. The van der Waals surface area contributed by atoms with Crippen LogP contribution in [0.1, 0.15) is 40.6 Å². The van der Waals surface area contributed by atoms with E-state index in [1.807, 2.05) is 84.6 Å². The van der Waals surface area contributed by atoms with Gasteiger partial charge in [0.2, 0.25) is 0 Å². The number of hydrogen-bond acceptors (Lipinski definition) is 4. The second-order valence-corrected chi connectivity index (χ2v) is 6.97. The Bertz CT molecular complexity index is 1020. The summed E-state index contributed by atoms with van der Waals surface area (Å²) < 4.78 is 11.2. The fraction of sp³-hybridized carbons (Fsp3) is 0.208. The normalized spacial score (nSPS) is 16.6. The van der Waals surface area contributed by atoms with E-state index in [-0.39, 0.29) is 11.9 Å². The molecule has 0 aliphatic carbocycles. The average Bonchev–Trinajstić information content (AvgIpc) is 2.78. The van der Waals surface area contributed by atoms with Crippen molar-refractivity contribution in [1.29, 1.82) is 0 Å². The van der Waals surface area contributed by atoms with Crippen LogP contribution < -0.4 is 14.8 Å². The fourth-order valence-corrected chi connectivity index (χ4v) is 3.92. The molecule has 0 radical (unpaired) electrons. The van der Waals surface area contributed by atoms with Gasteiger partial charge in [0, 0.05) is 11.3 Å². The lowest BCUT2D eigenvalue weighted by molar-refractivity contribution is 0.0593. The number of amides is 1. The van der Waals surface area contributed by atoms with Crippen molar-refractivity contribution < 1.29 is 14.3 Å². The van der Waals surface area contributed by atoms with Crippen LogP contribution in [0.25, 0.3) is 0 Å². The molecule has 148 valence electrons. The summed E-state index contributed by atoms with van der Waals surface area (Å²) in [6, 6.07) is 23.2. The van der Waals surface area contributed by atoms with Gasteiger partial charge in [0.15, 0.2) is 11.5 Å². The Hall–Kier alpha value is -3.47. The third-order valence-corrected chi connectivity index (χ3v) is 5.39. The molecular formula is C24H24N2O3. The summed E-state index contributed by atoms with van der Waals surface area (Å²) >= 11 is 0. The number of rotatable bonds is 5. The number of carbonyl (C=O) groups excluding carboxylic acids is 1. The summed E-state index contributed by atoms with van der Waals surface area (Å²) in [7, 11) is 3.23. The molecule has 3 aromatic rings. The van der Waals surface area contributed by atoms with Gasteiger partial charge in [0.25, 0.3) is 5.91 Å². The zero-order valence-corrected chi connectivity index (χ0v) is 16.8. The minimum absolute atomic E-state index is 0.0226. The minimum atomic E-state index is -0.405. The van der Waals surface area contributed by atoms with Gasteiger partial charge < -0.3 is 19.7 Å². The number of anilines is 1. The SMILES string of the molecule is COc1cccc([C@@H]2Nc3ccccc3C(=O)N2[C@@H](C)c2ccccc2)c1OC. The van der Waals surface area contributed by atoms with E-state index in [0.29, 0.717) is 17.1 Å². The molecule has 1 aliphatic rings. The van der Waals surface area contributed by atoms with Crippen molar-refractivity contribution >= 4 is 11.6 Å². The number of nitrogens with zero attached hydrogens (tertiary/aromatic N) is 1. The Morgan fingerprint density at radius 3 is 2.34 bits per heavy atom. The highest BCUT2D eigenvalue weighted by molar-refractivity contribution is 6.02. The molecule has 0 saturated carbocycles. The first-order chi connectivity index (χ1) is 14.2. The molecule has 0 fully saturated rings. The van der Waals surface area contributed by atoms with E-state index in [9.17, 15) is 4.79 Å². The molecule has 1 aliphatic heterocycles. The predicted octanol–water partition coefficient (Wildman–Crippen LogP) is 5.03. The first-order valence-corrected chi connectivity index (χ1v) is 9.59. The Morgan fingerprint density at radius 2 is 1.62 bits per heavy atom. The summed E-state index contributed by atoms with van der Waals surface area (Å²) in [4.78, 5) is 15.5. The third-order valence-electron chi connectivity index (χ3n) is 5.39. The van der Waals surface area contributed by atoms with Crippen molar-refractivity contribution in [3.8, 4) is 11.5 Å². The number of carbonyl (C=O) groups is 1. The lowest BCUT2D eigenvalue weighted by atomic mass is 9.98. The third kappa shape index (κ3) is 3.29. The van der Waals surface area contributed by atoms with Crippen molar-refractivity contribution in [2.75, 3.05) is 19.5 Å². The Kier molecular flexibility index (Phi) is 5.12. The van der Waals surface area contributed by atoms with Crippen molar-refractivity contribution in [3.63, 3.8) is 0 Å². The maximum atomic E-state index is 13.6. The molecule has 0 aromatic heterocycles. The van der Waals surface area contributed by atoms with E-state index in [1.54, 1.807) is 14.2 Å². The lowest BCUT2D eigenvalue weighted by Gasteiger charge is -2.42. The predicted molar refractivity (Wildman–Crippen MR) is 113 cm³/mol. The molecule has 0 saturated heterocycles. The van der Waals surface area contributed by atoms with Crippen LogP contribution in [-0.2, 0) is 0 Å². The number of fused-ring (bicyclic) bond motifs is 1. The van der Waals surface area contributed by atoms with Crippen LogP contribution in [0.4, 0.5) is 5.69 Å². The second kappa shape index (κ2) is 7.87. The summed E-state index contributed by atoms with van der Waals surface area (Å²) in [6.45, 7) is 2.04. The van der Waals surface area contributed by atoms with Gasteiger partial charge in [-0.3, -0.25) is 4.79 Å². The Labute approximate surface area is 170 Å². The van der Waals surface area contributed by atoms with Crippen LogP contribution in [0.5, 0.6) is 11.5 Å². The van der Waals surface area contributed by atoms with E-state index >= 15 is 0 Å². The van der Waals surface area contributed by atoms with Crippen LogP contribution in [0.15, 0.2) is 72.8 Å². The van der Waals surface area contributed by atoms with E-state index in [0.717, 1.165) is 16.8 Å². The van der Waals surface area contributed by atoms with Crippen LogP contribution in [0.2, 0.25) is 0 Å². The van der Waals surface area contributed by atoms with E-state index in [1.165, 1.54) is 0 Å². The molecule has 3 aromatic carbocycles. The molecule has 1 N–H and O–H groups in total. The Morgan fingerprint density at radius 1 is 0.897 bits per heavy atom. The number of benzene rings is 3. The van der Waals surface area contributed by atoms with Gasteiger partial charge >= 0.3 is 0 Å². The number of methoxy groups -OCH3 is 2. The second-order valence-electron chi connectivity index (χ2n) is 6.97. The van der Waals surface area contributed by atoms with Crippen molar-refractivity contribution in [2.45, 2.75) is 19.1 Å². The monoisotopic (exact) mass is 388 g/mol. The largest absolute Gasteiger partial charge is 0.493 e. The van der Waals surface area contributed by atoms with Crippen molar-refractivity contribution in [1.82, 2.24) is 4.90 Å². The van der Waals surface area contributed by atoms with Crippen molar-refractivity contribution in [3.05, 3.63) is 89.5 Å². The number of para-hydroxylation sites is 2. The minimum Gasteiger partial charge on any atom is -0.493 e. The van der Waals surface area contributed by atoms with Gasteiger partial charge in [-0.15, -0.1) is 0 Å². The average molecular weight is 388 g/mol. The van der Waals surface area contributed by atoms with Crippen LogP contribution in [0.3, 0.4) is 0 Å². The van der Waals surface area contributed by atoms with Gasteiger partial charge in [-0.05, 0) is 30.7 Å². The van der Waals surface area contributed by atoms with Gasteiger partial charge in [-0.1, -0.05) is 54.6 Å². The summed E-state index contributed by atoms with van der Waals surface area (Å²) in [6.07, 6.45) is -0.405. The van der Waals surface area contributed by atoms with Crippen molar-refractivity contribution in [2.24, 2.45) is 0 Å². The van der Waals surface area contributed by atoms with Gasteiger partial charge in [-0.2, -0.15) is 0 Å². The Balaban J connectivity index is 1.87. The highest BCUT2D eigenvalue weighted by Gasteiger charge is 2.38. The van der Waals surface area contributed by atoms with E-state index in [4.69, 9.17) is 9.47 Å².